The molecule has 1 heterocycles. The number of hydrogen-bond donors (Lipinski definition) is 1. The van der Waals surface area contributed by atoms with Crippen molar-refractivity contribution in [2.24, 2.45) is 0 Å². The molecule has 2 rings (SSSR count). The van der Waals surface area contributed by atoms with E-state index in [2.05, 4.69) is 31.0 Å². The summed E-state index contributed by atoms with van der Waals surface area (Å²) in [6.07, 6.45) is 0. The topological polar surface area (TPSA) is 58.4 Å². The van der Waals surface area contributed by atoms with Gasteiger partial charge in [0.15, 0.2) is 0 Å². The van der Waals surface area contributed by atoms with Crippen LogP contribution in [0, 0.1) is 17.0 Å². The summed E-state index contributed by atoms with van der Waals surface area (Å²) in [5.41, 5.74) is 1.95. The average molecular weight is 277 g/mol. The van der Waals surface area contributed by atoms with Gasteiger partial charge in [-0.2, -0.15) is 0 Å². The molecule has 0 aromatic heterocycles. The van der Waals surface area contributed by atoms with Crippen LogP contribution in [0.2, 0.25) is 0 Å². The molecule has 0 radical (unpaired) electrons. The molecule has 0 bridgehead atoms. The first-order valence-corrected chi connectivity index (χ1v) is 7.14. The average Bonchev–Trinajstić information content (AvgIpc) is 2.41. The molecule has 0 saturated carbocycles. The van der Waals surface area contributed by atoms with E-state index >= 15 is 0 Å². The maximum Gasteiger partial charge on any atom is 0.272 e. The second-order valence-corrected chi connectivity index (χ2v) is 5.83. The van der Waals surface area contributed by atoms with Crippen LogP contribution < -0.4 is 5.32 Å². The maximum absolute atomic E-state index is 11.1. The SMILES string of the molecule is Cc1ccc(C(C)N2CC(C)NCC2C)cc1[N+](=O)[O-]. The van der Waals surface area contributed by atoms with Crippen molar-refractivity contribution in [3.8, 4) is 0 Å². The van der Waals surface area contributed by atoms with Crippen LogP contribution >= 0.6 is 0 Å². The fourth-order valence-corrected chi connectivity index (χ4v) is 2.86. The van der Waals surface area contributed by atoms with E-state index in [4.69, 9.17) is 0 Å². The number of rotatable bonds is 3. The molecule has 1 aromatic carbocycles. The molecule has 0 spiro atoms. The molecule has 5 nitrogen and oxygen atoms in total. The molecule has 1 aliphatic rings. The quantitative estimate of drug-likeness (QED) is 0.681. The lowest BCUT2D eigenvalue weighted by Crippen LogP contribution is -2.54. The molecular weight excluding hydrogens is 254 g/mol. The fraction of sp³-hybridized carbons (Fsp3) is 0.600. The van der Waals surface area contributed by atoms with Crippen molar-refractivity contribution in [1.29, 1.82) is 0 Å². The van der Waals surface area contributed by atoms with Gasteiger partial charge in [0.25, 0.3) is 5.69 Å². The minimum atomic E-state index is -0.296. The standard InChI is InChI=1S/C15H23N3O2/c1-10-5-6-14(7-15(10)18(19)20)13(4)17-9-11(2)16-8-12(17)3/h5-7,11-13,16H,8-9H2,1-4H3. The molecule has 3 unspecified atom stereocenters. The molecule has 1 fully saturated rings. The second-order valence-electron chi connectivity index (χ2n) is 5.83. The Hall–Kier alpha value is -1.46. The van der Waals surface area contributed by atoms with Crippen LogP contribution in [0.5, 0.6) is 0 Å². The van der Waals surface area contributed by atoms with Gasteiger partial charge in [0.05, 0.1) is 4.92 Å². The molecule has 1 aromatic rings. The first-order chi connectivity index (χ1) is 9.40. The molecule has 3 atom stereocenters. The number of nitro benzene ring substituents is 1. The predicted octanol–water partition coefficient (Wildman–Crippen LogP) is 2.65. The van der Waals surface area contributed by atoms with E-state index in [1.807, 2.05) is 12.1 Å². The maximum atomic E-state index is 11.1. The first-order valence-electron chi connectivity index (χ1n) is 7.14. The highest BCUT2D eigenvalue weighted by Crippen LogP contribution is 2.28. The second kappa shape index (κ2) is 5.89. The molecule has 0 aliphatic carbocycles. The molecule has 20 heavy (non-hydrogen) atoms. The molecule has 1 N–H and O–H groups in total. The molecule has 1 saturated heterocycles. The Morgan fingerprint density at radius 1 is 1.45 bits per heavy atom. The lowest BCUT2D eigenvalue weighted by atomic mass is 10.00. The smallest absolute Gasteiger partial charge is 0.272 e. The minimum Gasteiger partial charge on any atom is -0.311 e. The zero-order chi connectivity index (χ0) is 14.9. The monoisotopic (exact) mass is 277 g/mol. The Bertz CT molecular complexity index is 504. The Labute approximate surface area is 120 Å². The van der Waals surface area contributed by atoms with Crippen LogP contribution in [0.4, 0.5) is 5.69 Å². The Kier molecular flexibility index (Phi) is 4.40. The van der Waals surface area contributed by atoms with Gasteiger partial charge in [-0.25, -0.2) is 0 Å². The van der Waals surface area contributed by atoms with Crippen molar-refractivity contribution in [1.82, 2.24) is 10.2 Å². The van der Waals surface area contributed by atoms with E-state index in [1.54, 1.807) is 13.0 Å². The van der Waals surface area contributed by atoms with Gasteiger partial charge < -0.3 is 5.32 Å². The van der Waals surface area contributed by atoms with E-state index in [0.29, 0.717) is 17.6 Å². The summed E-state index contributed by atoms with van der Waals surface area (Å²) in [5.74, 6) is 0. The Morgan fingerprint density at radius 2 is 2.15 bits per heavy atom. The van der Waals surface area contributed by atoms with Crippen molar-refractivity contribution < 1.29 is 4.92 Å². The third kappa shape index (κ3) is 2.99. The minimum absolute atomic E-state index is 0.189. The van der Waals surface area contributed by atoms with Crippen LogP contribution in [0.25, 0.3) is 0 Å². The fourth-order valence-electron chi connectivity index (χ4n) is 2.86. The number of nitrogens with one attached hydrogen (secondary N) is 1. The van der Waals surface area contributed by atoms with Crippen LogP contribution in [0.15, 0.2) is 18.2 Å². The van der Waals surface area contributed by atoms with Gasteiger partial charge in [0.1, 0.15) is 0 Å². The lowest BCUT2D eigenvalue weighted by molar-refractivity contribution is -0.385. The van der Waals surface area contributed by atoms with Crippen LogP contribution in [0.1, 0.15) is 37.9 Å². The van der Waals surface area contributed by atoms with Gasteiger partial charge in [-0.15, -0.1) is 0 Å². The summed E-state index contributed by atoms with van der Waals surface area (Å²) in [5, 5.41) is 14.5. The lowest BCUT2D eigenvalue weighted by Gasteiger charge is -2.41. The van der Waals surface area contributed by atoms with E-state index in [9.17, 15) is 10.1 Å². The van der Waals surface area contributed by atoms with E-state index in [-0.39, 0.29) is 16.7 Å². The zero-order valence-corrected chi connectivity index (χ0v) is 12.6. The van der Waals surface area contributed by atoms with Crippen molar-refractivity contribution in [3.05, 3.63) is 39.4 Å². The van der Waals surface area contributed by atoms with E-state index < -0.39 is 0 Å². The highest BCUT2D eigenvalue weighted by atomic mass is 16.6. The predicted molar refractivity (Wildman–Crippen MR) is 79.9 cm³/mol. The number of aryl methyl sites for hydroxylation is 1. The highest BCUT2D eigenvalue weighted by Gasteiger charge is 2.28. The normalized spacial score (nSPS) is 25.4. The summed E-state index contributed by atoms with van der Waals surface area (Å²) in [6.45, 7) is 10.2. The van der Waals surface area contributed by atoms with Crippen molar-refractivity contribution in [3.63, 3.8) is 0 Å². The highest BCUT2D eigenvalue weighted by molar-refractivity contribution is 5.43. The van der Waals surface area contributed by atoms with Gasteiger partial charge in [0.2, 0.25) is 0 Å². The van der Waals surface area contributed by atoms with Gasteiger partial charge in [-0.05, 0) is 33.3 Å². The first kappa shape index (κ1) is 14.9. The third-order valence-corrected chi connectivity index (χ3v) is 4.22. The number of benzene rings is 1. The van der Waals surface area contributed by atoms with E-state index in [0.717, 1.165) is 18.7 Å². The van der Waals surface area contributed by atoms with E-state index in [1.165, 1.54) is 0 Å². The summed E-state index contributed by atoms with van der Waals surface area (Å²) >= 11 is 0. The Morgan fingerprint density at radius 3 is 2.80 bits per heavy atom. The largest absolute Gasteiger partial charge is 0.311 e. The molecule has 5 heteroatoms. The van der Waals surface area contributed by atoms with Crippen LogP contribution in [-0.4, -0.2) is 35.0 Å². The van der Waals surface area contributed by atoms with Gasteiger partial charge in [-0.3, -0.25) is 15.0 Å². The molecular formula is C15H23N3O2. The molecule has 110 valence electrons. The summed E-state index contributed by atoms with van der Waals surface area (Å²) in [6, 6.07) is 6.65. The number of nitrogens with zero attached hydrogens (tertiary/aromatic N) is 2. The number of nitro groups is 1. The molecule has 0 amide bonds. The summed E-state index contributed by atoms with van der Waals surface area (Å²) in [7, 11) is 0. The van der Waals surface area contributed by atoms with Crippen molar-refractivity contribution in [2.75, 3.05) is 13.1 Å². The van der Waals surface area contributed by atoms with Crippen LogP contribution in [-0.2, 0) is 0 Å². The Balaban J connectivity index is 2.26. The zero-order valence-electron chi connectivity index (χ0n) is 12.6. The molecule has 1 aliphatic heterocycles. The number of hydrogen-bond acceptors (Lipinski definition) is 4. The number of piperazine rings is 1. The van der Waals surface area contributed by atoms with Crippen molar-refractivity contribution in [2.45, 2.75) is 45.8 Å². The summed E-state index contributed by atoms with van der Waals surface area (Å²) in [4.78, 5) is 13.2. The van der Waals surface area contributed by atoms with Crippen molar-refractivity contribution >= 4 is 5.69 Å². The van der Waals surface area contributed by atoms with Gasteiger partial charge >= 0.3 is 0 Å². The third-order valence-electron chi connectivity index (χ3n) is 4.22. The van der Waals surface area contributed by atoms with Crippen LogP contribution in [0.3, 0.4) is 0 Å². The van der Waals surface area contributed by atoms with Gasteiger partial charge in [-0.1, -0.05) is 12.1 Å². The summed E-state index contributed by atoms with van der Waals surface area (Å²) < 4.78 is 0. The van der Waals surface area contributed by atoms with Gasteiger partial charge in [0, 0.05) is 42.8 Å².